The van der Waals surface area contributed by atoms with Gasteiger partial charge in [-0.1, -0.05) is 6.07 Å². The Morgan fingerprint density at radius 3 is 2.79 bits per heavy atom. The molecule has 2 aliphatic heterocycles. The summed E-state index contributed by atoms with van der Waals surface area (Å²) in [7, 11) is 0. The van der Waals surface area contributed by atoms with E-state index in [-0.39, 0.29) is 11.4 Å². The van der Waals surface area contributed by atoms with Gasteiger partial charge in [-0.3, -0.25) is 14.7 Å². The van der Waals surface area contributed by atoms with Crippen molar-refractivity contribution >= 4 is 11.6 Å². The number of carbonyl (C=O) groups excluding carboxylic acids is 1. The number of rotatable bonds is 4. The van der Waals surface area contributed by atoms with E-state index >= 15 is 0 Å². The van der Waals surface area contributed by atoms with Gasteiger partial charge in [0, 0.05) is 25.5 Å². The molecule has 3 aromatic rings. The third kappa shape index (κ3) is 2.96. The van der Waals surface area contributed by atoms with Crippen molar-refractivity contribution in [2.75, 3.05) is 13.1 Å². The van der Waals surface area contributed by atoms with Crippen molar-refractivity contribution in [3.8, 4) is 0 Å². The van der Waals surface area contributed by atoms with E-state index in [0.717, 1.165) is 56.7 Å². The second-order valence-corrected chi connectivity index (χ2v) is 7.81. The number of hydrogen-bond donors (Lipinski definition) is 0. The molecule has 7 nitrogen and oxygen atoms in total. The van der Waals surface area contributed by atoms with Gasteiger partial charge in [0.2, 0.25) is 5.91 Å². The molecular weight excluding hydrogens is 352 g/mol. The number of amides is 1. The van der Waals surface area contributed by atoms with Crippen molar-refractivity contribution in [2.24, 2.45) is 0 Å². The van der Waals surface area contributed by atoms with Crippen molar-refractivity contribution in [3.63, 3.8) is 0 Å². The van der Waals surface area contributed by atoms with E-state index in [1.165, 1.54) is 5.56 Å². The lowest BCUT2D eigenvalue weighted by atomic mass is 9.85. The van der Waals surface area contributed by atoms with Crippen LogP contribution in [0, 0.1) is 0 Å². The van der Waals surface area contributed by atoms with Crippen LogP contribution in [0.15, 0.2) is 49.1 Å². The Kier molecular flexibility index (Phi) is 4.31. The molecule has 2 saturated heterocycles. The fourth-order valence-electron chi connectivity index (χ4n) is 4.77. The number of hydrogen-bond acceptors (Lipinski definition) is 5. The van der Waals surface area contributed by atoms with E-state index in [9.17, 15) is 4.79 Å². The molecule has 7 heteroatoms. The molecule has 5 heterocycles. The van der Waals surface area contributed by atoms with E-state index < -0.39 is 0 Å². The van der Waals surface area contributed by atoms with Crippen LogP contribution in [0.1, 0.15) is 36.9 Å². The van der Waals surface area contributed by atoms with Crippen LogP contribution in [-0.2, 0) is 17.9 Å². The highest BCUT2D eigenvalue weighted by molar-refractivity contribution is 5.87. The Labute approximate surface area is 164 Å². The zero-order valence-electron chi connectivity index (χ0n) is 15.9. The average molecular weight is 376 g/mol. The number of pyridine rings is 2. The van der Waals surface area contributed by atoms with Crippen LogP contribution in [0.25, 0.3) is 5.65 Å². The van der Waals surface area contributed by atoms with Gasteiger partial charge in [-0.15, -0.1) is 0 Å². The van der Waals surface area contributed by atoms with Crippen molar-refractivity contribution in [2.45, 2.75) is 44.3 Å². The highest BCUT2D eigenvalue weighted by Gasteiger charge is 2.50. The summed E-state index contributed by atoms with van der Waals surface area (Å²) in [5.41, 5.74) is 2.61. The van der Waals surface area contributed by atoms with Gasteiger partial charge >= 0.3 is 0 Å². The van der Waals surface area contributed by atoms with E-state index in [1.54, 1.807) is 17.0 Å². The molecule has 0 aromatic carbocycles. The molecule has 2 aliphatic rings. The molecule has 0 radical (unpaired) electrons. The molecule has 0 bridgehead atoms. The first kappa shape index (κ1) is 17.3. The summed E-state index contributed by atoms with van der Waals surface area (Å²) < 4.78 is 1.77. The second-order valence-electron chi connectivity index (χ2n) is 7.81. The third-order valence-electron chi connectivity index (χ3n) is 6.12. The van der Waals surface area contributed by atoms with Gasteiger partial charge in [0.1, 0.15) is 11.9 Å². The topological polar surface area (TPSA) is 66.6 Å². The highest BCUT2D eigenvalue weighted by atomic mass is 16.2. The van der Waals surface area contributed by atoms with Crippen molar-refractivity contribution in [3.05, 3.63) is 60.3 Å². The molecule has 28 heavy (non-hydrogen) atoms. The standard InChI is InChI=1S/C21H24N6O/c28-20-21(7-3-10-25(20)15-18-5-1-2-9-22-18)8-4-11-26(21)14-17-6-12-27-19(13-17)23-16-24-27/h1-2,5-6,9,12-13,16H,3-4,7-8,10-11,14-15H2. The van der Waals surface area contributed by atoms with Gasteiger partial charge in [-0.2, -0.15) is 5.10 Å². The lowest BCUT2D eigenvalue weighted by Gasteiger charge is -2.44. The lowest BCUT2D eigenvalue weighted by molar-refractivity contribution is -0.148. The summed E-state index contributed by atoms with van der Waals surface area (Å²) >= 11 is 0. The molecule has 1 atom stereocenters. The monoisotopic (exact) mass is 376 g/mol. The Morgan fingerprint density at radius 2 is 1.93 bits per heavy atom. The summed E-state index contributed by atoms with van der Waals surface area (Å²) in [6.07, 6.45) is 9.29. The first-order chi connectivity index (χ1) is 13.7. The van der Waals surface area contributed by atoms with E-state index in [1.807, 2.05) is 29.3 Å². The van der Waals surface area contributed by atoms with E-state index in [0.29, 0.717) is 6.54 Å². The maximum atomic E-state index is 13.6. The van der Waals surface area contributed by atoms with E-state index in [2.05, 4.69) is 32.1 Å². The van der Waals surface area contributed by atoms with Crippen molar-refractivity contribution < 1.29 is 4.79 Å². The molecule has 1 spiro atoms. The third-order valence-corrected chi connectivity index (χ3v) is 6.12. The minimum atomic E-state index is -0.368. The molecule has 1 amide bonds. The van der Waals surface area contributed by atoms with Gasteiger partial charge < -0.3 is 4.90 Å². The molecule has 144 valence electrons. The second kappa shape index (κ2) is 6.98. The highest BCUT2D eigenvalue weighted by Crippen LogP contribution is 2.39. The Balaban J connectivity index is 1.38. The first-order valence-electron chi connectivity index (χ1n) is 9.97. The number of carbonyl (C=O) groups is 1. The molecule has 0 N–H and O–H groups in total. The minimum absolute atomic E-state index is 0.269. The molecule has 0 aliphatic carbocycles. The fourth-order valence-corrected chi connectivity index (χ4v) is 4.77. The predicted molar refractivity (Wildman–Crippen MR) is 104 cm³/mol. The Morgan fingerprint density at radius 1 is 1.04 bits per heavy atom. The zero-order chi connectivity index (χ0) is 19.0. The Bertz CT molecular complexity index is 987. The van der Waals surface area contributed by atoms with Crippen LogP contribution in [0.3, 0.4) is 0 Å². The predicted octanol–water partition coefficient (Wildman–Crippen LogP) is 2.28. The molecule has 3 aromatic heterocycles. The number of aromatic nitrogens is 4. The van der Waals surface area contributed by atoms with Crippen LogP contribution in [0.4, 0.5) is 0 Å². The van der Waals surface area contributed by atoms with Gasteiger partial charge in [-0.05, 0) is 62.1 Å². The molecule has 5 rings (SSSR count). The summed E-state index contributed by atoms with van der Waals surface area (Å²) in [4.78, 5) is 26.6. The molecule has 1 unspecified atom stereocenters. The quantitative estimate of drug-likeness (QED) is 0.699. The Hall–Kier alpha value is -2.80. The lowest BCUT2D eigenvalue weighted by Crippen LogP contribution is -2.59. The van der Waals surface area contributed by atoms with Crippen molar-refractivity contribution in [1.29, 1.82) is 0 Å². The normalized spacial score (nSPS) is 23.1. The minimum Gasteiger partial charge on any atom is -0.335 e. The maximum absolute atomic E-state index is 13.6. The molecular formula is C21H24N6O. The van der Waals surface area contributed by atoms with Gasteiger partial charge in [-0.25, -0.2) is 9.50 Å². The largest absolute Gasteiger partial charge is 0.335 e. The van der Waals surface area contributed by atoms with Gasteiger partial charge in [0.25, 0.3) is 0 Å². The summed E-state index contributed by atoms with van der Waals surface area (Å²) in [5.74, 6) is 0.269. The number of fused-ring (bicyclic) bond motifs is 1. The summed E-state index contributed by atoms with van der Waals surface area (Å²) in [5, 5.41) is 4.16. The van der Waals surface area contributed by atoms with E-state index in [4.69, 9.17) is 0 Å². The number of likely N-dealkylation sites (tertiary alicyclic amines) is 2. The first-order valence-corrected chi connectivity index (χ1v) is 9.97. The number of piperidine rings is 1. The van der Waals surface area contributed by atoms with Crippen LogP contribution in [0.5, 0.6) is 0 Å². The van der Waals surface area contributed by atoms with Crippen LogP contribution in [0.2, 0.25) is 0 Å². The van der Waals surface area contributed by atoms with Gasteiger partial charge in [0.05, 0.1) is 12.2 Å². The number of nitrogens with zero attached hydrogens (tertiary/aromatic N) is 6. The fraction of sp³-hybridized carbons (Fsp3) is 0.429. The summed E-state index contributed by atoms with van der Waals surface area (Å²) in [6, 6.07) is 10.0. The van der Waals surface area contributed by atoms with Crippen LogP contribution >= 0.6 is 0 Å². The molecule has 0 saturated carbocycles. The zero-order valence-corrected chi connectivity index (χ0v) is 15.9. The molecule has 2 fully saturated rings. The van der Waals surface area contributed by atoms with Crippen LogP contribution < -0.4 is 0 Å². The van der Waals surface area contributed by atoms with Crippen molar-refractivity contribution in [1.82, 2.24) is 29.4 Å². The van der Waals surface area contributed by atoms with Crippen LogP contribution in [-0.4, -0.2) is 53.9 Å². The SMILES string of the molecule is O=C1N(Cc2ccccn2)CCCC12CCCN2Cc1ccn2ncnc2c1. The smallest absolute Gasteiger partial charge is 0.243 e. The maximum Gasteiger partial charge on any atom is 0.243 e. The van der Waals surface area contributed by atoms with Gasteiger partial charge in [0.15, 0.2) is 5.65 Å². The average Bonchev–Trinajstić information content (AvgIpc) is 3.34. The summed E-state index contributed by atoms with van der Waals surface area (Å²) in [6.45, 7) is 3.14.